The Bertz CT molecular complexity index is 1000. The third kappa shape index (κ3) is 3.05. The second kappa shape index (κ2) is 6.05. The maximum absolute atomic E-state index is 12.5. The molecule has 0 aromatic carbocycles. The topological polar surface area (TPSA) is 123 Å². The number of nitrogens with zero attached hydrogens (tertiary/aromatic N) is 5. The molecule has 1 aliphatic rings. The summed E-state index contributed by atoms with van der Waals surface area (Å²) in [7, 11) is -3.35. The van der Waals surface area contributed by atoms with Gasteiger partial charge < -0.3 is 10.4 Å². The van der Waals surface area contributed by atoms with Crippen LogP contribution in [0.15, 0.2) is 41.9 Å². The first-order chi connectivity index (χ1) is 12.1. The minimum atomic E-state index is -3.35. The highest BCUT2D eigenvalue weighted by atomic mass is 32.2. The molecule has 0 radical (unpaired) electrons. The minimum absolute atomic E-state index is 0.0833. The molecule has 1 aliphatic carbocycles. The monoisotopic (exact) mass is 360 g/mol. The number of rotatable bonds is 6. The largest absolute Gasteiger partial charge is 0.372 e. The first-order valence-corrected chi connectivity index (χ1v) is 9.35. The maximum Gasteiger partial charge on any atom is 0.182 e. The highest BCUT2D eigenvalue weighted by molar-refractivity contribution is 7.92. The zero-order valence-electron chi connectivity index (χ0n) is 13.1. The van der Waals surface area contributed by atoms with Crippen LogP contribution >= 0.6 is 0 Å². The molecular formula is C15H16N6O3S. The Morgan fingerprint density at radius 1 is 1.24 bits per heavy atom. The standard InChI is InChI=1S/C15H16N6O3S/c22-14(20-13-8-16-5-6-17-13)9-21-15-11(7-19-21)12(3-4-18-15)25(23,24)10-1-2-10/h3-8,10,14,22H,1-2,9H2,(H,17,20). The summed E-state index contributed by atoms with van der Waals surface area (Å²) in [6.07, 6.45) is 7.88. The van der Waals surface area contributed by atoms with Crippen molar-refractivity contribution in [2.24, 2.45) is 0 Å². The summed E-state index contributed by atoms with van der Waals surface area (Å²) in [5.41, 5.74) is 0.418. The molecular weight excluding hydrogens is 344 g/mol. The Labute approximate surface area is 143 Å². The fourth-order valence-electron chi connectivity index (χ4n) is 2.65. The lowest BCUT2D eigenvalue weighted by atomic mass is 10.3. The Balaban J connectivity index is 1.61. The van der Waals surface area contributed by atoms with Crippen LogP contribution in [0.1, 0.15) is 12.8 Å². The van der Waals surface area contributed by atoms with Gasteiger partial charge in [-0.1, -0.05) is 0 Å². The summed E-state index contributed by atoms with van der Waals surface area (Å²) in [5.74, 6) is 0.427. The summed E-state index contributed by atoms with van der Waals surface area (Å²) in [6, 6.07) is 1.51. The van der Waals surface area contributed by atoms with Crippen LogP contribution in [-0.2, 0) is 16.4 Å². The number of fused-ring (bicyclic) bond motifs is 1. The van der Waals surface area contributed by atoms with E-state index >= 15 is 0 Å². The van der Waals surface area contributed by atoms with Gasteiger partial charge in [-0.3, -0.25) is 4.98 Å². The van der Waals surface area contributed by atoms with Crippen LogP contribution in [0.25, 0.3) is 11.0 Å². The fraction of sp³-hybridized carbons (Fsp3) is 0.333. The molecule has 3 aromatic heterocycles. The SMILES string of the molecule is O=S(=O)(c1ccnc2c1cnn2CC(O)Nc1cnccn1)C1CC1. The minimum Gasteiger partial charge on any atom is -0.372 e. The fourth-order valence-corrected chi connectivity index (χ4v) is 4.46. The molecule has 0 amide bonds. The van der Waals surface area contributed by atoms with Crippen LogP contribution < -0.4 is 5.32 Å². The summed E-state index contributed by atoms with van der Waals surface area (Å²) in [4.78, 5) is 12.4. The Morgan fingerprint density at radius 2 is 2.08 bits per heavy atom. The maximum atomic E-state index is 12.5. The molecule has 1 unspecified atom stereocenters. The predicted octanol–water partition coefficient (Wildman–Crippen LogP) is 0.588. The van der Waals surface area contributed by atoms with Crippen LogP contribution in [-0.4, -0.2) is 49.7 Å². The molecule has 1 atom stereocenters. The number of sulfone groups is 1. The summed E-state index contributed by atoms with van der Waals surface area (Å²) in [6.45, 7) is 0.0833. The van der Waals surface area contributed by atoms with Crippen molar-refractivity contribution >= 4 is 26.7 Å². The van der Waals surface area contributed by atoms with Crippen LogP contribution in [0.5, 0.6) is 0 Å². The van der Waals surface area contributed by atoms with Crippen molar-refractivity contribution in [2.45, 2.75) is 35.8 Å². The van der Waals surface area contributed by atoms with Crippen molar-refractivity contribution in [3.05, 3.63) is 37.1 Å². The van der Waals surface area contributed by atoms with Gasteiger partial charge in [0.05, 0.1) is 34.5 Å². The molecule has 9 nitrogen and oxygen atoms in total. The van der Waals surface area contributed by atoms with Crippen molar-refractivity contribution in [3.8, 4) is 0 Å². The smallest absolute Gasteiger partial charge is 0.182 e. The second-order valence-electron chi connectivity index (χ2n) is 5.87. The van der Waals surface area contributed by atoms with Crippen LogP contribution in [0, 0.1) is 0 Å². The molecule has 0 bridgehead atoms. The molecule has 0 aliphatic heterocycles. The molecule has 4 rings (SSSR count). The molecule has 1 saturated carbocycles. The van der Waals surface area contributed by atoms with E-state index in [0.717, 1.165) is 0 Å². The number of aromatic nitrogens is 5. The van der Waals surface area contributed by atoms with E-state index in [1.165, 1.54) is 41.7 Å². The molecule has 25 heavy (non-hydrogen) atoms. The zero-order valence-corrected chi connectivity index (χ0v) is 14.0. The molecule has 130 valence electrons. The van der Waals surface area contributed by atoms with Gasteiger partial charge in [0.15, 0.2) is 15.5 Å². The number of nitrogens with one attached hydrogen (secondary N) is 1. The van der Waals surface area contributed by atoms with E-state index in [1.54, 1.807) is 0 Å². The Hall–Kier alpha value is -2.59. The third-order valence-electron chi connectivity index (χ3n) is 3.99. The van der Waals surface area contributed by atoms with Gasteiger partial charge in [-0.25, -0.2) is 23.1 Å². The number of pyridine rings is 1. The average molecular weight is 360 g/mol. The Kier molecular flexibility index (Phi) is 3.85. The first kappa shape index (κ1) is 15.9. The van der Waals surface area contributed by atoms with E-state index in [2.05, 4.69) is 25.4 Å². The lowest BCUT2D eigenvalue weighted by molar-refractivity contribution is 0.178. The van der Waals surface area contributed by atoms with Gasteiger partial charge in [0.1, 0.15) is 12.0 Å². The van der Waals surface area contributed by atoms with Crippen molar-refractivity contribution in [3.63, 3.8) is 0 Å². The highest BCUT2D eigenvalue weighted by Gasteiger charge is 2.38. The van der Waals surface area contributed by atoms with E-state index in [-0.39, 0.29) is 16.7 Å². The highest BCUT2D eigenvalue weighted by Crippen LogP contribution is 2.35. The van der Waals surface area contributed by atoms with Crippen molar-refractivity contribution < 1.29 is 13.5 Å². The van der Waals surface area contributed by atoms with Crippen LogP contribution in [0.2, 0.25) is 0 Å². The number of anilines is 1. The number of aliphatic hydroxyl groups is 1. The van der Waals surface area contributed by atoms with Gasteiger partial charge in [-0.15, -0.1) is 0 Å². The molecule has 10 heteroatoms. The van der Waals surface area contributed by atoms with E-state index in [1.807, 2.05) is 0 Å². The van der Waals surface area contributed by atoms with E-state index < -0.39 is 16.1 Å². The van der Waals surface area contributed by atoms with Crippen molar-refractivity contribution in [1.82, 2.24) is 24.7 Å². The molecule has 0 spiro atoms. The summed E-state index contributed by atoms with van der Waals surface area (Å²) in [5, 5.41) is 17.3. The number of aliphatic hydroxyl groups excluding tert-OH is 1. The quantitative estimate of drug-likeness (QED) is 0.612. The molecule has 0 saturated heterocycles. The summed E-state index contributed by atoms with van der Waals surface area (Å²) >= 11 is 0. The van der Waals surface area contributed by atoms with Crippen LogP contribution in [0.4, 0.5) is 5.82 Å². The first-order valence-electron chi connectivity index (χ1n) is 7.81. The van der Waals surface area contributed by atoms with Crippen molar-refractivity contribution in [1.29, 1.82) is 0 Å². The van der Waals surface area contributed by atoms with Crippen LogP contribution in [0.3, 0.4) is 0 Å². The lowest BCUT2D eigenvalue weighted by Gasteiger charge is -2.13. The Morgan fingerprint density at radius 3 is 2.80 bits per heavy atom. The normalized spacial score (nSPS) is 16.0. The van der Waals surface area contributed by atoms with Gasteiger partial charge in [0.25, 0.3) is 0 Å². The van der Waals surface area contributed by atoms with Gasteiger partial charge in [-0.05, 0) is 18.9 Å². The van der Waals surface area contributed by atoms with E-state index in [9.17, 15) is 13.5 Å². The zero-order chi connectivity index (χ0) is 17.4. The van der Waals surface area contributed by atoms with Gasteiger partial charge in [-0.2, -0.15) is 5.10 Å². The lowest BCUT2D eigenvalue weighted by Crippen LogP contribution is -2.26. The van der Waals surface area contributed by atoms with Gasteiger partial charge in [0.2, 0.25) is 0 Å². The third-order valence-corrected chi connectivity index (χ3v) is 6.31. The summed E-state index contributed by atoms with van der Waals surface area (Å²) < 4.78 is 26.5. The van der Waals surface area contributed by atoms with E-state index in [4.69, 9.17) is 0 Å². The van der Waals surface area contributed by atoms with Crippen molar-refractivity contribution in [2.75, 3.05) is 5.32 Å². The van der Waals surface area contributed by atoms with Gasteiger partial charge in [0, 0.05) is 18.6 Å². The number of hydrogen-bond acceptors (Lipinski definition) is 8. The molecule has 1 fully saturated rings. The average Bonchev–Trinajstić information content (AvgIpc) is 3.39. The van der Waals surface area contributed by atoms with Gasteiger partial charge >= 0.3 is 0 Å². The predicted molar refractivity (Wildman–Crippen MR) is 89.4 cm³/mol. The number of hydrogen-bond donors (Lipinski definition) is 2. The van der Waals surface area contributed by atoms with E-state index in [0.29, 0.717) is 29.7 Å². The molecule has 3 heterocycles. The molecule has 3 aromatic rings. The second-order valence-corrected chi connectivity index (χ2v) is 8.06. The molecule has 2 N–H and O–H groups in total.